The van der Waals surface area contributed by atoms with Crippen LogP contribution in [0.25, 0.3) is 0 Å². The Bertz CT molecular complexity index is 795. The van der Waals surface area contributed by atoms with Crippen LogP contribution in [-0.2, 0) is 4.79 Å². The first-order valence-electron chi connectivity index (χ1n) is 7.49. The van der Waals surface area contributed by atoms with Crippen molar-refractivity contribution in [3.05, 3.63) is 40.9 Å². The predicted molar refractivity (Wildman–Crippen MR) is 90.1 cm³/mol. The Balaban J connectivity index is 1.51. The molecule has 2 aliphatic rings. The van der Waals surface area contributed by atoms with Crippen LogP contribution in [0.15, 0.2) is 40.9 Å². The molecular weight excluding hydrogens is 378 g/mol. The summed E-state index contributed by atoms with van der Waals surface area (Å²) < 4.78 is 23.0. The lowest BCUT2D eigenvalue weighted by atomic mass is 10.2. The number of hydrogen-bond acceptors (Lipinski definition) is 5. The molecule has 0 saturated carbocycles. The quantitative estimate of drug-likeness (QED) is 0.852. The van der Waals surface area contributed by atoms with Crippen LogP contribution in [0.3, 0.4) is 0 Å². The first kappa shape index (κ1) is 15.1. The minimum atomic E-state index is -0.722. The van der Waals surface area contributed by atoms with Gasteiger partial charge in [0.2, 0.25) is 6.10 Å². The molecule has 7 heteroatoms. The predicted octanol–water partition coefficient (Wildman–Crippen LogP) is 3.00. The van der Waals surface area contributed by atoms with E-state index in [0.717, 1.165) is 0 Å². The van der Waals surface area contributed by atoms with Gasteiger partial charge in [-0.15, -0.1) is 0 Å². The Morgan fingerprint density at radius 1 is 1.00 bits per heavy atom. The van der Waals surface area contributed by atoms with Gasteiger partial charge in [0.05, 0.1) is 5.69 Å². The van der Waals surface area contributed by atoms with Crippen molar-refractivity contribution >= 4 is 27.5 Å². The number of para-hydroxylation sites is 2. The van der Waals surface area contributed by atoms with E-state index in [2.05, 4.69) is 21.2 Å². The summed E-state index contributed by atoms with van der Waals surface area (Å²) in [6, 6.07) is 10.8. The molecule has 2 aromatic carbocycles. The largest absolute Gasteiger partial charge is 0.486 e. The molecule has 24 heavy (non-hydrogen) atoms. The molecule has 6 nitrogen and oxygen atoms in total. The zero-order chi connectivity index (χ0) is 16.5. The highest BCUT2D eigenvalue weighted by molar-refractivity contribution is 9.10. The highest BCUT2D eigenvalue weighted by Gasteiger charge is 2.28. The Kier molecular flexibility index (Phi) is 3.93. The van der Waals surface area contributed by atoms with Gasteiger partial charge < -0.3 is 24.3 Å². The standard InChI is InChI=1S/C17H14BrNO5/c18-10-7-14-15(22-6-5-21-14)8-11(10)19-17(20)16-9-23-12-3-1-2-4-13(12)24-16/h1-4,7-8,16H,5-6,9H2,(H,19,20)/t16-/m0/s1. The molecule has 0 aliphatic carbocycles. The van der Waals surface area contributed by atoms with Crippen LogP contribution in [0.4, 0.5) is 5.69 Å². The number of amides is 1. The maximum Gasteiger partial charge on any atom is 0.269 e. The molecular formula is C17H14BrNO5. The van der Waals surface area contributed by atoms with Crippen molar-refractivity contribution in [3.8, 4) is 23.0 Å². The second-order valence-corrected chi connectivity index (χ2v) is 6.18. The number of carbonyl (C=O) groups is 1. The minimum absolute atomic E-state index is 0.158. The number of anilines is 1. The van der Waals surface area contributed by atoms with E-state index in [9.17, 15) is 4.79 Å². The summed E-state index contributed by atoms with van der Waals surface area (Å²) in [5.41, 5.74) is 0.590. The van der Waals surface area contributed by atoms with Crippen LogP contribution in [0.2, 0.25) is 0 Å². The molecule has 0 aromatic heterocycles. The van der Waals surface area contributed by atoms with E-state index in [-0.39, 0.29) is 12.5 Å². The first-order chi connectivity index (χ1) is 11.7. The maximum absolute atomic E-state index is 12.5. The molecule has 1 amide bonds. The zero-order valence-corrected chi connectivity index (χ0v) is 14.2. The zero-order valence-electron chi connectivity index (χ0n) is 12.6. The first-order valence-corrected chi connectivity index (χ1v) is 8.28. The van der Waals surface area contributed by atoms with Crippen molar-refractivity contribution in [2.24, 2.45) is 0 Å². The summed E-state index contributed by atoms with van der Waals surface area (Å²) in [6.07, 6.45) is -0.722. The average Bonchev–Trinajstić information content (AvgIpc) is 2.62. The van der Waals surface area contributed by atoms with Gasteiger partial charge in [0.25, 0.3) is 5.91 Å². The van der Waals surface area contributed by atoms with Gasteiger partial charge >= 0.3 is 0 Å². The topological polar surface area (TPSA) is 66.0 Å². The fourth-order valence-electron chi connectivity index (χ4n) is 2.52. The van der Waals surface area contributed by atoms with Gasteiger partial charge in [-0.1, -0.05) is 12.1 Å². The normalized spacial score (nSPS) is 18.0. The van der Waals surface area contributed by atoms with E-state index in [1.165, 1.54) is 0 Å². The van der Waals surface area contributed by atoms with Crippen molar-refractivity contribution in [1.82, 2.24) is 0 Å². The number of benzene rings is 2. The number of nitrogens with one attached hydrogen (secondary N) is 1. The number of rotatable bonds is 2. The SMILES string of the molecule is O=C(Nc1cc2c(cc1Br)OCCO2)[C@@H]1COc2ccccc2O1. The van der Waals surface area contributed by atoms with Gasteiger partial charge in [-0.05, 0) is 28.1 Å². The van der Waals surface area contributed by atoms with Gasteiger partial charge in [0.1, 0.15) is 19.8 Å². The van der Waals surface area contributed by atoms with E-state index >= 15 is 0 Å². The lowest BCUT2D eigenvalue weighted by molar-refractivity contribution is -0.125. The summed E-state index contributed by atoms with van der Waals surface area (Å²) >= 11 is 3.43. The molecule has 2 heterocycles. The van der Waals surface area contributed by atoms with Crippen LogP contribution >= 0.6 is 15.9 Å². The molecule has 2 aromatic rings. The van der Waals surface area contributed by atoms with Gasteiger partial charge in [-0.3, -0.25) is 4.79 Å². The van der Waals surface area contributed by atoms with E-state index < -0.39 is 6.10 Å². The van der Waals surface area contributed by atoms with Crippen LogP contribution in [-0.4, -0.2) is 31.8 Å². The summed E-state index contributed by atoms with van der Waals surface area (Å²) in [6.45, 7) is 1.15. The van der Waals surface area contributed by atoms with E-state index in [4.69, 9.17) is 18.9 Å². The number of fused-ring (bicyclic) bond motifs is 2. The van der Waals surface area contributed by atoms with Crippen LogP contribution < -0.4 is 24.3 Å². The Morgan fingerprint density at radius 3 is 2.50 bits per heavy atom. The second kappa shape index (κ2) is 6.24. The lowest BCUT2D eigenvalue weighted by Gasteiger charge is -2.26. The molecule has 1 atom stereocenters. The molecule has 0 unspecified atom stereocenters. The Hall–Kier alpha value is -2.41. The van der Waals surface area contributed by atoms with Crippen molar-refractivity contribution in [3.63, 3.8) is 0 Å². The van der Waals surface area contributed by atoms with Gasteiger partial charge in [0.15, 0.2) is 23.0 Å². The van der Waals surface area contributed by atoms with Crippen LogP contribution in [0.1, 0.15) is 0 Å². The number of hydrogen-bond donors (Lipinski definition) is 1. The average molecular weight is 392 g/mol. The van der Waals surface area contributed by atoms with Crippen LogP contribution in [0.5, 0.6) is 23.0 Å². The molecule has 0 bridgehead atoms. The fourth-order valence-corrected chi connectivity index (χ4v) is 2.94. The number of ether oxygens (including phenoxy) is 4. The van der Waals surface area contributed by atoms with Crippen molar-refractivity contribution in [2.75, 3.05) is 25.1 Å². The van der Waals surface area contributed by atoms with Crippen molar-refractivity contribution in [1.29, 1.82) is 0 Å². The smallest absolute Gasteiger partial charge is 0.269 e. The molecule has 1 N–H and O–H groups in total. The summed E-state index contributed by atoms with van der Waals surface area (Å²) in [5.74, 6) is 2.16. The summed E-state index contributed by atoms with van der Waals surface area (Å²) in [4.78, 5) is 12.5. The Morgan fingerprint density at radius 2 is 1.71 bits per heavy atom. The lowest BCUT2D eigenvalue weighted by Crippen LogP contribution is -2.40. The molecule has 0 fully saturated rings. The third-order valence-electron chi connectivity index (χ3n) is 3.69. The third kappa shape index (κ3) is 2.87. The Labute approximate surface area is 146 Å². The molecule has 0 spiro atoms. The molecule has 124 valence electrons. The third-order valence-corrected chi connectivity index (χ3v) is 4.35. The summed E-state index contributed by atoms with van der Waals surface area (Å²) in [5, 5.41) is 2.83. The van der Waals surface area contributed by atoms with Gasteiger partial charge in [0, 0.05) is 16.6 Å². The molecule has 0 saturated heterocycles. The molecule has 4 rings (SSSR count). The highest BCUT2D eigenvalue weighted by Crippen LogP contribution is 2.38. The monoisotopic (exact) mass is 391 g/mol. The van der Waals surface area contributed by atoms with Crippen molar-refractivity contribution < 1.29 is 23.7 Å². The van der Waals surface area contributed by atoms with Crippen LogP contribution in [0, 0.1) is 0 Å². The number of carbonyl (C=O) groups excluding carboxylic acids is 1. The second-order valence-electron chi connectivity index (χ2n) is 5.33. The number of halogens is 1. The van der Waals surface area contributed by atoms with E-state index in [0.29, 0.717) is 46.4 Å². The molecule has 2 aliphatic heterocycles. The van der Waals surface area contributed by atoms with E-state index in [1.807, 2.05) is 12.1 Å². The maximum atomic E-state index is 12.5. The van der Waals surface area contributed by atoms with E-state index in [1.54, 1.807) is 24.3 Å². The molecule has 0 radical (unpaired) electrons. The van der Waals surface area contributed by atoms with Gasteiger partial charge in [-0.2, -0.15) is 0 Å². The highest BCUT2D eigenvalue weighted by atomic mass is 79.9. The van der Waals surface area contributed by atoms with Crippen molar-refractivity contribution in [2.45, 2.75) is 6.10 Å². The minimum Gasteiger partial charge on any atom is -0.486 e. The fraction of sp³-hybridized carbons (Fsp3) is 0.235. The summed E-state index contributed by atoms with van der Waals surface area (Å²) in [7, 11) is 0. The van der Waals surface area contributed by atoms with Gasteiger partial charge in [-0.25, -0.2) is 0 Å².